The van der Waals surface area contributed by atoms with E-state index in [-0.39, 0.29) is 13.1 Å². The third kappa shape index (κ3) is 21.1. The summed E-state index contributed by atoms with van der Waals surface area (Å²) in [7, 11) is 0. The van der Waals surface area contributed by atoms with Gasteiger partial charge in [0.2, 0.25) is 12.2 Å². The number of amides is 2. The summed E-state index contributed by atoms with van der Waals surface area (Å²) in [5, 5.41) is 4.98. The molecule has 1 rings (SSSR count). The van der Waals surface area contributed by atoms with Crippen molar-refractivity contribution in [1.82, 2.24) is 10.6 Å². The smallest absolute Gasteiger partial charge is 0.303 e. The predicted octanol–water partition coefficient (Wildman–Crippen LogP) is -0.501. The summed E-state index contributed by atoms with van der Waals surface area (Å²) in [4.78, 5) is 148. The van der Waals surface area contributed by atoms with Crippen LogP contribution in [0.4, 0.5) is 0 Å². The Morgan fingerprint density at radius 3 is 0.844 bits per heavy atom. The molecule has 0 fully saturated rings. The molecule has 354 valence electrons. The fourth-order valence-corrected chi connectivity index (χ4v) is 5.55. The lowest BCUT2D eigenvalue weighted by Crippen LogP contribution is -2.57. The first-order valence-electron chi connectivity index (χ1n) is 19.1. The summed E-state index contributed by atoms with van der Waals surface area (Å²) in [5.41, 5.74) is 0.805. The van der Waals surface area contributed by atoms with Crippen LogP contribution in [0, 0.1) is 0 Å². The molecular formula is C40H52N2O22. The maximum atomic E-state index is 13.6. The summed E-state index contributed by atoms with van der Waals surface area (Å²) < 4.78 is 51.8. The molecule has 0 aliphatic rings. The second-order valence-electron chi connectivity index (χ2n) is 13.5. The van der Waals surface area contributed by atoms with Crippen molar-refractivity contribution in [2.75, 3.05) is 13.2 Å². The highest BCUT2D eigenvalue weighted by molar-refractivity contribution is 5.85. The predicted molar refractivity (Wildman–Crippen MR) is 208 cm³/mol. The number of esters is 10. The van der Waals surface area contributed by atoms with Gasteiger partial charge in [0.05, 0.1) is 0 Å². The molecule has 0 unspecified atom stereocenters. The van der Waals surface area contributed by atoms with Crippen molar-refractivity contribution in [3.05, 3.63) is 35.4 Å². The van der Waals surface area contributed by atoms with Gasteiger partial charge in [-0.2, -0.15) is 0 Å². The van der Waals surface area contributed by atoms with Crippen LogP contribution < -0.4 is 10.6 Å². The zero-order valence-corrected chi connectivity index (χ0v) is 36.7. The lowest BCUT2D eigenvalue weighted by Gasteiger charge is -2.34. The van der Waals surface area contributed by atoms with Crippen LogP contribution in [-0.4, -0.2) is 134 Å². The normalized spacial score (nSPS) is 14.3. The van der Waals surface area contributed by atoms with Gasteiger partial charge in [-0.3, -0.25) is 57.5 Å². The molecule has 0 saturated carbocycles. The second kappa shape index (κ2) is 27.0. The first-order chi connectivity index (χ1) is 29.8. The summed E-state index contributed by atoms with van der Waals surface area (Å²) in [5.74, 6) is -11.9. The third-order valence-electron chi connectivity index (χ3n) is 7.78. The van der Waals surface area contributed by atoms with Crippen LogP contribution in [0.3, 0.4) is 0 Å². The molecule has 1 aromatic carbocycles. The maximum Gasteiger partial charge on any atom is 0.303 e. The Hall–Kier alpha value is -7.14. The van der Waals surface area contributed by atoms with Crippen molar-refractivity contribution in [1.29, 1.82) is 0 Å². The topological polar surface area (TPSA) is 321 Å². The van der Waals surface area contributed by atoms with Crippen LogP contribution >= 0.6 is 0 Å². The second-order valence-corrected chi connectivity index (χ2v) is 13.5. The monoisotopic (exact) mass is 912 g/mol. The average Bonchev–Trinajstić information content (AvgIpc) is 3.16. The molecule has 64 heavy (non-hydrogen) atoms. The fourth-order valence-electron chi connectivity index (χ4n) is 5.55. The highest BCUT2D eigenvalue weighted by Gasteiger charge is 2.48. The van der Waals surface area contributed by atoms with E-state index in [0.717, 1.165) is 69.2 Å². The van der Waals surface area contributed by atoms with Gasteiger partial charge >= 0.3 is 59.7 Å². The minimum absolute atomic E-state index is 0.276. The number of benzene rings is 1. The van der Waals surface area contributed by atoms with E-state index in [0.29, 0.717) is 11.1 Å². The zero-order valence-electron chi connectivity index (χ0n) is 36.7. The van der Waals surface area contributed by atoms with Crippen LogP contribution in [-0.2, 0) is 118 Å². The van der Waals surface area contributed by atoms with Gasteiger partial charge in [0.1, 0.15) is 13.2 Å². The van der Waals surface area contributed by atoms with Gasteiger partial charge in [0, 0.05) is 82.3 Å². The molecule has 24 nitrogen and oxygen atoms in total. The van der Waals surface area contributed by atoms with E-state index in [1.165, 1.54) is 24.3 Å². The number of carbonyl (C=O) groups is 12. The van der Waals surface area contributed by atoms with E-state index in [1.54, 1.807) is 0 Å². The Morgan fingerprint density at radius 1 is 0.359 bits per heavy atom. The van der Waals surface area contributed by atoms with Gasteiger partial charge in [0.15, 0.2) is 36.6 Å². The molecule has 0 spiro atoms. The van der Waals surface area contributed by atoms with Gasteiger partial charge in [-0.25, -0.2) is 0 Å². The minimum Gasteiger partial charge on any atom is -0.462 e. The standard InChI is InChI=1S/C40H52N2O22/c1-19(43)55-17-31(57-21(3)45)33(59-23(5)47)35(61-25(7)49)37(63-27(9)51)39(53)41-15-29-11-13-30(14-12-29)16-42-40(54)38(64-28(10)52)36(62-26(8)50)34(60-24(6)48)32(58-22(4)46)18-56-20(2)44/h11-14,31-38H,15-18H2,1-10H3,(H,41,53)(H,42,54)/t31-,32-,33-,34-,35+,36+,37-,38-/m1/s1. The zero-order chi connectivity index (χ0) is 48.8. The molecule has 1 aromatic rings. The van der Waals surface area contributed by atoms with Crippen molar-refractivity contribution in [3.8, 4) is 0 Å². The van der Waals surface area contributed by atoms with Crippen molar-refractivity contribution >= 4 is 71.5 Å². The molecule has 0 aliphatic heterocycles. The number of ether oxygens (including phenoxy) is 10. The molecule has 2 N–H and O–H groups in total. The van der Waals surface area contributed by atoms with Crippen LogP contribution in [0.5, 0.6) is 0 Å². The summed E-state index contributed by atoms with van der Waals surface area (Å²) in [6, 6.07) is 5.96. The van der Waals surface area contributed by atoms with Gasteiger partial charge in [-0.05, 0) is 11.1 Å². The Kier molecular flexibility index (Phi) is 23.2. The molecule has 0 bridgehead atoms. The quantitative estimate of drug-likeness (QED) is 0.0975. The van der Waals surface area contributed by atoms with E-state index in [4.69, 9.17) is 47.4 Å². The number of nitrogens with one attached hydrogen (secondary N) is 2. The van der Waals surface area contributed by atoms with Crippen molar-refractivity contribution in [3.63, 3.8) is 0 Å². The molecule has 0 aromatic heterocycles. The van der Waals surface area contributed by atoms with E-state index in [2.05, 4.69) is 10.6 Å². The SMILES string of the molecule is CC(=O)OC[C@@H](OC(C)=O)[C@@H](OC(C)=O)[C@H](OC(C)=O)[C@@H](OC(C)=O)C(=O)NCc1ccc(CNC(=O)[C@H](OC(C)=O)[C@@H](OC(C)=O)[C@H](OC(C)=O)[C@@H](COC(C)=O)OC(C)=O)cc1. The van der Waals surface area contributed by atoms with Gasteiger partial charge in [-0.15, -0.1) is 0 Å². The molecular weight excluding hydrogens is 860 g/mol. The highest BCUT2D eigenvalue weighted by Crippen LogP contribution is 2.23. The largest absolute Gasteiger partial charge is 0.462 e. The number of hydrogen-bond acceptors (Lipinski definition) is 22. The Balaban J connectivity index is 3.45. The van der Waals surface area contributed by atoms with Crippen LogP contribution in [0.25, 0.3) is 0 Å². The molecule has 0 radical (unpaired) electrons. The molecule has 2 amide bonds. The van der Waals surface area contributed by atoms with Crippen molar-refractivity contribution < 1.29 is 105 Å². The van der Waals surface area contributed by atoms with E-state index in [1.807, 2.05) is 0 Å². The van der Waals surface area contributed by atoms with Gasteiger partial charge < -0.3 is 58.0 Å². The third-order valence-corrected chi connectivity index (χ3v) is 7.78. The lowest BCUT2D eigenvalue weighted by molar-refractivity contribution is -0.203. The molecule has 0 saturated heterocycles. The fraction of sp³-hybridized carbons (Fsp3) is 0.550. The first kappa shape index (κ1) is 54.9. The molecule has 24 heteroatoms. The summed E-state index contributed by atoms with van der Waals surface area (Å²) >= 11 is 0. The van der Waals surface area contributed by atoms with E-state index in [9.17, 15) is 57.5 Å². The van der Waals surface area contributed by atoms with Crippen LogP contribution in [0.2, 0.25) is 0 Å². The summed E-state index contributed by atoms with van der Waals surface area (Å²) in [6.07, 6.45) is -15.0. The number of rotatable bonds is 24. The first-order valence-corrected chi connectivity index (χ1v) is 19.1. The van der Waals surface area contributed by atoms with Gasteiger partial charge in [-0.1, -0.05) is 24.3 Å². The van der Waals surface area contributed by atoms with Gasteiger partial charge in [0.25, 0.3) is 11.8 Å². The number of carbonyl (C=O) groups excluding carboxylic acids is 12. The Bertz CT molecular complexity index is 1750. The Labute approximate surface area is 366 Å². The van der Waals surface area contributed by atoms with Crippen molar-refractivity contribution in [2.24, 2.45) is 0 Å². The summed E-state index contributed by atoms with van der Waals surface area (Å²) in [6.45, 7) is 7.63. The number of hydrogen-bond donors (Lipinski definition) is 2. The van der Waals surface area contributed by atoms with E-state index >= 15 is 0 Å². The van der Waals surface area contributed by atoms with Crippen LogP contribution in [0.1, 0.15) is 80.4 Å². The van der Waals surface area contributed by atoms with Crippen LogP contribution in [0.15, 0.2) is 24.3 Å². The highest BCUT2D eigenvalue weighted by atomic mass is 16.7. The van der Waals surface area contributed by atoms with E-state index < -0.39 is 134 Å². The molecule has 8 atom stereocenters. The Morgan fingerprint density at radius 2 is 0.609 bits per heavy atom. The minimum atomic E-state index is -2.04. The maximum absolute atomic E-state index is 13.6. The lowest BCUT2D eigenvalue weighted by atomic mass is 10.0. The molecule has 0 heterocycles. The molecule has 0 aliphatic carbocycles. The van der Waals surface area contributed by atoms with Crippen molar-refractivity contribution in [2.45, 2.75) is 131 Å². The average molecular weight is 913 g/mol.